The lowest BCUT2D eigenvalue weighted by Gasteiger charge is -2.01. The van der Waals surface area contributed by atoms with Gasteiger partial charge in [-0.05, 0) is 0 Å². The molecule has 1 aliphatic heterocycles. The summed E-state index contributed by atoms with van der Waals surface area (Å²) in [5, 5.41) is 2.03. The maximum atomic E-state index is 10.8. The predicted octanol–water partition coefficient (Wildman–Crippen LogP) is -1.11. The number of carbonyl (C=O) groups is 1. The molecule has 1 fully saturated rings. The maximum absolute atomic E-state index is 10.8. The van der Waals surface area contributed by atoms with Gasteiger partial charge in [0, 0.05) is 12.8 Å². The second kappa shape index (κ2) is 2.82. The minimum absolute atomic E-state index is 0.0764. The first-order valence-corrected chi connectivity index (χ1v) is 3.26. The molecule has 0 bridgehead atoms. The Morgan fingerprint density at radius 2 is 2.56 bits per heavy atom. The number of esters is 1. The van der Waals surface area contributed by atoms with Crippen LogP contribution < -0.4 is 5.32 Å². The number of methoxy groups -OCH3 is 1. The summed E-state index contributed by atoms with van der Waals surface area (Å²) in [6.07, 6.45) is 2.12. The van der Waals surface area contributed by atoms with Crippen LogP contribution in [0.4, 0.5) is 0 Å². The molecule has 52 valence electrons. The smallest absolute Gasteiger partial charge is 0.364 e. The van der Waals surface area contributed by atoms with Gasteiger partial charge in [-0.2, -0.15) is 0 Å². The Morgan fingerprint density at radius 1 is 1.78 bits per heavy atom. The van der Waals surface area contributed by atoms with Gasteiger partial charge < -0.3 is 10.1 Å². The zero-order valence-corrected chi connectivity index (χ0v) is 5.59. The number of ether oxygens (including phenoxy) is 1. The molecule has 1 aliphatic rings. The standard InChI is InChI=1S/C6H11NO2/c1-9-6(8)5-3-2-4-7-5/h5,7H,2-4H2,1H3/p+1/t5-/m0/s1. The molecule has 0 radical (unpaired) electrons. The summed E-state index contributed by atoms with van der Waals surface area (Å²) >= 11 is 0. The molecule has 3 heteroatoms. The van der Waals surface area contributed by atoms with Gasteiger partial charge in [0.05, 0.1) is 13.7 Å². The topological polar surface area (TPSA) is 42.9 Å². The van der Waals surface area contributed by atoms with Gasteiger partial charge >= 0.3 is 5.97 Å². The van der Waals surface area contributed by atoms with Crippen LogP contribution in [0, 0.1) is 0 Å². The molecule has 9 heavy (non-hydrogen) atoms. The molecule has 0 spiro atoms. The van der Waals surface area contributed by atoms with E-state index in [1.54, 1.807) is 0 Å². The fraction of sp³-hybridized carbons (Fsp3) is 0.833. The van der Waals surface area contributed by atoms with E-state index in [0.29, 0.717) is 0 Å². The average molecular weight is 130 g/mol. The number of quaternary nitrogens is 1. The number of rotatable bonds is 1. The Bertz CT molecular complexity index is 108. The van der Waals surface area contributed by atoms with E-state index in [1.165, 1.54) is 7.11 Å². The summed E-state index contributed by atoms with van der Waals surface area (Å²) in [6.45, 7) is 1.07. The highest BCUT2D eigenvalue weighted by atomic mass is 16.5. The van der Waals surface area contributed by atoms with Gasteiger partial charge in [0.25, 0.3) is 0 Å². The second-order valence-electron chi connectivity index (χ2n) is 2.30. The van der Waals surface area contributed by atoms with Crippen molar-refractivity contribution >= 4 is 5.97 Å². The van der Waals surface area contributed by atoms with Gasteiger partial charge in [-0.1, -0.05) is 0 Å². The minimum atomic E-state index is -0.0764. The van der Waals surface area contributed by atoms with Gasteiger partial charge in [-0.25, -0.2) is 4.79 Å². The zero-order chi connectivity index (χ0) is 6.69. The zero-order valence-electron chi connectivity index (χ0n) is 5.59. The van der Waals surface area contributed by atoms with E-state index in [0.717, 1.165) is 19.4 Å². The monoisotopic (exact) mass is 130 g/mol. The molecule has 0 aromatic heterocycles. The Morgan fingerprint density at radius 3 is 3.00 bits per heavy atom. The Kier molecular flexibility index (Phi) is 2.05. The molecule has 0 aromatic carbocycles. The maximum Gasteiger partial charge on any atom is 0.364 e. The molecule has 0 aliphatic carbocycles. The van der Waals surface area contributed by atoms with E-state index in [-0.39, 0.29) is 12.0 Å². The van der Waals surface area contributed by atoms with E-state index >= 15 is 0 Å². The van der Waals surface area contributed by atoms with Gasteiger partial charge in [-0.15, -0.1) is 0 Å². The van der Waals surface area contributed by atoms with Crippen molar-refractivity contribution in [2.45, 2.75) is 18.9 Å². The van der Waals surface area contributed by atoms with Crippen LogP contribution in [0.15, 0.2) is 0 Å². The molecule has 1 heterocycles. The molecule has 0 unspecified atom stereocenters. The van der Waals surface area contributed by atoms with E-state index < -0.39 is 0 Å². The molecular formula is C6H12NO2+. The summed E-state index contributed by atoms with van der Waals surface area (Å²) in [4.78, 5) is 10.8. The normalized spacial score (nSPS) is 26.1. The fourth-order valence-corrected chi connectivity index (χ4v) is 1.14. The lowest BCUT2D eigenvalue weighted by molar-refractivity contribution is -0.658. The number of hydrogen-bond donors (Lipinski definition) is 1. The van der Waals surface area contributed by atoms with Crippen LogP contribution >= 0.6 is 0 Å². The lowest BCUT2D eigenvalue weighted by atomic mass is 10.2. The van der Waals surface area contributed by atoms with Crippen LogP contribution in [0.5, 0.6) is 0 Å². The number of hydrogen-bond acceptors (Lipinski definition) is 2. The van der Waals surface area contributed by atoms with E-state index in [9.17, 15) is 4.79 Å². The first-order chi connectivity index (χ1) is 4.34. The summed E-state index contributed by atoms with van der Waals surface area (Å²) in [7, 11) is 1.44. The summed E-state index contributed by atoms with van der Waals surface area (Å²) in [5.41, 5.74) is 0. The molecule has 1 rings (SSSR count). The lowest BCUT2D eigenvalue weighted by Crippen LogP contribution is -2.88. The van der Waals surface area contributed by atoms with Crippen LogP contribution in [0.25, 0.3) is 0 Å². The highest BCUT2D eigenvalue weighted by Gasteiger charge is 2.26. The van der Waals surface area contributed by atoms with Crippen molar-refractivity contribution in [1.29, 1.82) is 0 Å². The summed E-state index contributed by atoms with van der Waals surface area (Å²) < 4.78 is 4.56. The van der Waals surface area contributed by atoms with Crippen LogP contribution in [0.1, 0.15) is 12.8 Å². The van der Waals surface area contributed by atoms with E-state index in [1.807, 2.05) is 5.32 Å². The third-order valence-corrected chi connectivity index (χ3v) is 1.67. The van der Waals surface area contributed by atoms with Gasteiger partial charge in [0.1, 0.15) is 0 Å². The average Bonchev–Trinajstić information content (AvgIpc) is 2.37. The third-order valence-electron chi connectivity index (χ3n) is 1.67. The SMILES string of the molecule is COC(=O)[C@@H]1CCC[NH2+]1. The first kappa shape index (κ1) is 6.55. The Labute approximate surface area is 54.4 Å². The van der Waals surface area contributed by atoms with Crippen LogP contribution in [-0.4, -0.2) is 25.7 Å². The van der Waals surface area contributed by atoms with Crippen LogP contribution in [0.3, 0.4) is 0 Å². The van der Waals surface area contributed by atoms with Crippen molar-refractivity contribution < 1.29 is 14.8 Å². The highest BCUT2D eigenvalue weighted by Crippen LogP contribution is 1.97. The van der Waals surface area contributed by atoms with Crippen molar-refractivity contribution in [2.75, 3.05) is 13.7 Å². The van der Waals surface area contributed by atoms with Crippen LogP contribution in [0.2, 0.25) is 0 Å². The van der Waals surface area contributed by atoms with E-state index in [2.05, 4.69) is 4.74 Å². The summed E-state index contributed by atoms with van der Waals surface area (Å²) in [6, 6.07) is 0.0926. The Hall–Kier alpha value is -0.570. The first-order valence-electron chi connectivity index (χ1n) is 3.26. The Balaban J connectivity index is 2.32. The number of nitrogens with two attached hydrogens (primary N) is 1. The molecular weight excluding hydrogens is 118 g/mol. The van der Waals surface area contributed by atoms with Crippen molar-refractivity contribution in [1.82, 2.24) is 0 Å². The van der Waals surface area contributed by atoms with Gasteiger partial charge in [0.15, 0.2) is 6.04 Å². The third kappa shape index (κ3) is 1.42. The van der Waals surface area contributed by atoms with Crippen molar-refractivity contribution in [3.05, 3.63) is 0 Å². The van der Waals surface area contributed by atoms with Crippen LogP contribution in [-0.2, 0) is 9.53 Å². The molecule has 2 N–H and O–H groups in total. The molecule has 1 saturated heterocycles. The summed E-state index contributed by atoms with van der Waals surface area (Å²) in [5.74, 6) is -0.0764. The molecule has 0 aromatic rings. The molecule has 3 nitrogen and oxygen atoms in total. The largest absolute Gasteiger partial charge is 0.465 e. The minimum Gasteiger partial charge on any atom is -0.465 e. The second-order valence-corrected chi connectivity index (χ2v) is 2.30. The van der Waals surface area contributed by atoms with E-state index in [4.69, 9.17) is 0 Å². The van der Waals surface area contributed by atoms with Gasteiger partial charge in [-0.3, -0.25) is 0 Å². The molecule has 0 amide bonds. The highest BCUT2D eigenvalue weighted by molar-refractivity contribution is 5.73. The van der Waals surface area contributed by atoms with Crippen molar-refractivity contribution in [2.24, 2.45) is 0 Å². The van der Waals surface area contributed by atoms with Gasteiger partial charge in [0.2, 0.25) is 0 Å². The van der Waals surface area contributed by atoms with Crippen molar-refractivity contribution in [3.63, 3.8) is 0 Å². The predicted molar refractivity (Wildman–Crippen MR) is 31.8 cm³/mol. The molecule has 0 saturated carbocycles. The quantitative estimate of drug-likeness (QED) is 0.457. The fourth-order valence-electron chi connectivity index (χ4n) is 1.14. The molecule has 1 atom stereocenters. The van der Waals surface area contributed by atoms with Crippen molar-refractivity contribution in [3.8, 4) is 0 Å². The number of carbonyl (C=O) groups excluding carboxylic acids is 1.